The third-order valence-corrected chi connectivity index (χ3v) is 4.83. The van der Waals surface area contributed by atoms with Gasteiger partial charge in [0.1, 0.15) is 11.9 Å². The molecule has 0 unspecified atom stereocenters. The third kappa shape index (κ3) is 4.82. The molecule has 3 N–H and O–H groups in total. The van der Waals surface area contributed by atoms with Crippen molar-refractivity contribution in [3.05, 3.63) is 58.8 Å². The van der Waals surface area contributed by atoms with Gasteiger partial charge in [-0.05, 0) is 61.3 Å². The third-order valence-electron chi connectivity index (χ3n) is 4.83. The Morgan fingerprint density at radius 1 is 1.19 bits per heavy atom. The first-order chi connectivity index (χ1) is 12.7. The summed E-state index contributed by atoms with van der Waals surface area (Å²) in [6.07, 6.45) is 5.86. The monoisotopic (exact) mass is 353 g/mol. The van der Waals surface area contributed by atoms with Crippen molar-refractivity contribution in [1.29, 1.82) is 0 Å². The number of nitrogens with one attached hydrogen (secondary N) is 1. The first-order valence-corrected chi connectivity index (χ1v) is 9.29. The van der Waals surface area contributed by atoms with Crippen molar-refractivity contribution in [2.45, 2.75) is 44.6 Å². The number of ether oxygens (including phenoxy) is 1. The minimum Gasteiger partial charge on any atom is -0.468 e. The lowest BCUT2D eigenvalue weighted by atomic mass is 10.0. The minimum atomic E-state index is -0.602. The van der Waals surface area contributed by atoms with Crippen molar-refractivity contribution < 1.29 is 9.53 Å². The summed E-state index contributed by atoms with van der Waals surface area (Å²) < 4.78 is 4.66. The highest BCUT2D eigenvalue weighted by atomic mass is 16.5. The number of nitrogens with two attached hydrogens (primary N) is 1. The molecule has 0 fully saturated rings. The molecule has 0 aliphatic carbocycles. The largest absolute Gasteiger partial charge is 0.468 e. The summed E-state index contributed by atoms with van der Waals surface area (Å²) in [7, 11) is 1.36. The van der Waals surface area contributed by atoms with Gasteiger partial charge in [0.15, 0.2) is 0 Å². The van der Waals surface area contributed by atoms with E-state index in [9.17, 15) is 4.79 Å². The molecule has 1 aromatic carbocycles. The average molecular weight is 353 g/mol. The van der Waals surface area contributed by atoms with Crippen LogP contribution >= 0.6 is 0 Å². The number of nitrogens with zero attached hydrogens (tertiary/aromatic N) is 1. The van der Waals surface area contributed by atoms with Gasteiger partial charge in [-0.3, -0.25) is 4.79 Å². The summed E-state index contributed by atoms with van der Waals surface area (Å²) in [5.74, 6) is 0.696. The molecule has 0 saturated heterocycles. The SMILES string of the molecule is COC(=O)[C@@H](N)Cc1ccc(CCCc2ccc3c(n2)NCCC3)cc1. The first kappa shape index (κ1) is 18.4. The van der Waals surface area contributed by atoms with Crippen molar-refractivity contribution >= 4 is 11.8 Å². The fourth-order valence-electron chi connectivity index (χ4n) is 3.31. The van der Waals surface area contributed by atoms with Gasteiger partial charge in [0, 0.05) is 12.2 Å². The lowest BCUT2D eigenvalue weighted by molar-refractivity contribution is -0.142. The van der Waals surface area contributed by atoms with Crippen LogP contribution in [0.1, 0.15) is 35.2 Å². The number of pyridine rings is 1. The van der Waals surface area contributed by atoms with E-state index in [1.807, 2.05) is 12.1 Å². The van der Waals surface area contributed by atoms with Crippen LogP contribution in [0.3, 0.4) is 0 Å². The van der Waals surface area contributed by atoms with Gasteiger partial charge in [-0.15, -0.1) is 0 Å². The Bertz CT molecular complexity index is 743. The molecular formula is C21H27N3O2. The maximum absolute atomic E-state index is 11.4. The molecule has 1 aliphatic rings. The van der Waals surface area contributed by atoms with Crippen LogP contribution in [0, 0.1) is 0 Å². The molecule has 0 saturated carbocycles. The number of carbonyl (C=O) groups is 1. The Balaban J connectivity index is 1.48. The minimum absolute atomic E-state index is 0.374. The van der Waals surface area contributed by atoms with E-state index in [4.69, 9.17) is 10.7 Å². The maximum Gasteiger partial charge on any atom is 0.322 e. The Morgan fingerprint density at radius 2 is 1.96 bits per heavy atom. The second-order valence-corrected chi connectivity index (χ2v) is 6.84. The molecule has 2 aromatic rings. The number of hydrogen-bond donors (Lipinski definition) is 2. The van der Waals surface area contributed by atoms with Crippen LogP contribution in [-0.4, -0.2) is 30.6 Å². The predicted molar refractivity (Wildman–Crippen MR) is 103 cm³/mol. The van der Waals surface area contributed by atoms with Crippen LogP contribution in [0.25, 0.3) is 0 Å². The molecule has 1 aliphatic heterocycles. The van der Waals surface area contributed by atoms with Crippen molar-refractivity contribution in [1.82, 2.24) is 4.98 Å². The summed E-state index contributed by atoms with van der Waals surface area (Å²) >= 11 is 0. The Hall–Kier alpha value is -2.40. The van der Waals surface area contributed by atoms with Gasteiger partial charge in [-0.2, -0.15) is 0 Å². The summed E-state index contributed by atoms with van der Waals surface area (Å²) in [6, 6.07) is 12.1. The molecule has 0 radical (unpaired) electrons. The highest BCUT2D eigenvalue weighted by Gasteiger charge is 2.14. The molecular weight excluding hydrogens is 326 g/mol. The molecule has 0 spiro atoms. The molecule has 0 bridgehead atoms. The van der Waals surface area contributed by atoms with E-state index in [-0.39, 0.29) is 5.97 Å². The predicted octanol–water partition coefficient (Wildman–Crippen LogP) is 2.66. The lowest BCUT2D eigenvalue weighted by Gasteiger charge is -2.17. The van der Waals surface area contributed by atoms with Crippen molar-refractivity contribution in [2.75, 3.05) is 19.0 Å². The number of aromatic nitrogens is 1. The van der Waals surface area contributed by atoms with Crippen LogP contribution in [0.15, 0.2) is 36.4 Å². The lowest BCUT2D eigenvalue weighted by Crippen LogP contribution is -2.33. The fraction of sp³-hybridized carbons (Fsp3) is 0.429. The molecule has 0 amide bonds. The van der Waals surface area contributed by atoms with E-state index in [0.29, 0.717) is 6.42 Å². The van der Waals surface area contributed by atoms with Crippen molar-refractivity contribution in [3.63, 3.8) is 0 Å². The number of methoxy groups -OCH3 is 1. The number of anilines is 1. The molecule has 26 heavy (non-hydrogen) atoms. The Morgan fingerprint density at radius 3 is 2.73 bits per heavy atom. The van der Waals surface area contributed by atoms with Gasteiger partial charge in [0.05, 0.1) is 7.11 Å². The standard InChI is InChI=1S/C21H27N3O2/c1-26-21(25)19(22)14-16-9-7-15(8-10-16)4-2-6-18-12-11-17-5-3-13-23-20(17)24-18/h7-12,19H,2-6,13-14,22H2,1H3,(H,23,24)/t19-/m0/s1. The molecule has 3 rings (SSSR count). The van der Waals surface area contributed by atoms with Gasteiger partial charge >= 0.3 is 5.97 Å². The molecule has 138 valence electrons. The molecule has 2 heterocycles. The zero-order valence-electron chi connectivity index (χ0n) is 15.3. The van der Waals surface area contributed by atoms with Gasteiger partial charge < -0.3 is 15.8 Å². The number of fused-ring (bicyclic) bond motifs is 1. The summed E-state index contributed by atoms with van der Waals surface area (Å²) in [4.78, 5) is 16.1. The molecule has 5 nitrogen and oxygen atoms in total. The quantitative estimate of drug-likeness (QED) is 0.748. The van der Waals surface area contributed by atoms with E-state index in [2.05, 4.69) is 34.3 Å². The number of rotatable bonds is 7. The van der Waals surface area contributed by atoms with Crippen molar-refractivity contribution in [2.24, 2.45) is 5.73 Å². The number of esters is 1. The summed E-state index contributed by atoms with van der Waals surface area (Å²) in [5.41, 5.74) is 10.6. The van der Waals surface area contributed by atoms with Crippen LogP contribution in [-0.2, 0) is 35.2 Å². The molecule has 5 heteroatoms. The number of benzene rings is 1. The topological polar surface area (TPSA) is 77.2 Å². The van der Waals surface area contributed by atoms with Gasteiger partial charge in [0.25, 0.3) is 0 Å². The van der Waals surface area contributed by atoms with Crippen LogP contribution < -0.4 is 11.1 Å². The Kier molecular flexibility index (Phi) is 6.23. The maximum atomic E-state index is 11.4. The van der Waals surface area contributed by atoms with E-state index in [1.165, 1.54) is 24.7 Å². The summed E-state index contributed by atoms with van der Waals surface area (Å²) in [5, 5.41) is 3.39. The zero-order chi connectivity index (χ0) is 18.4. The highest BCUT2D eigenvalue weighted by molar-refractivity contribution is 5.75. The van der Waals surface area contributed by atoms with Crippen LogP contribution in [0.2, 0.25) is 0 Å². The average Bonchev–Trinajstić information content (AvgIpc) is 2.68. The smallest absolute Gasteiger partial charge is 0.322 e. The second kappa shape index (κ2) is 8.81. The summed E-state index contributed by atoms with van der Waals surface area (Å²) in [6.45, 7) is 1.02. The number of aryl methyl sites for hydroxylation is 3. The van der Waals surface area contributed by atoms with E-state index in [0.717, 1.165) is 49.3 Å². The van der Waals surface area contributed by atoms with E-state index < -0.39 is 6.04 Å². The first-order valence-electron chi connectivity index (χ1n) is 9.29. The van der Waals surface area contributed by atoms with Gasteiger partial charge in [0.2, 0.25) is 0 Å². The van der Waals surface area contributed by atoms with Crippen LogP contribution in [0.5, 0.6) is 0 Å². The van der Waals surface area contributed by atoms with Crippen LogP contribution in [0.4, 0.5) is 5.82 Å². The van der Waals surface area contributed by atoms with E-state index >= 15 is 0 Å². The number of carbonyl (C=O) groups excluding carboxylic acids is 1. The van der Waals surface area contributed by atoms with Gasteiger partial charge in [-0.25, -0.2) is 4.98 Å². The van der Waals surface area contributed by atoms with Crippen molar-refractivity contribution in [3.8, 4) is 0 Å². The van der Waals surface area contributed by atoms with Gasteiger partial charge in [-0.1, -0.05) is 30.3 Å². The highest BCUT2D eigenvalue weighted by Crippen LogP contribution is 2.20. The Labute approximate surface area is 155 Å². The normalized spacial score (nSPS) is 14.2. The molecule has 1 atom stereocenters. The van der Waals surface area contributed by atoms with E-state index in [1.54, 1.807) is 0 Å². The zero-order valence-corrected chi connectivity index (χ0v) is 15.3. The second-order valence-electron chi connectivity index (χ2n) is 6.84. The molecule has 1 aromatic heterocycles. The fourth-order valence-corrected chi connectivity index (χ4v) is 3.31. The number of hydrogen-bond acceptors (Lipinski definition) is 5.